The van der Waals surface area contributed by atoms with Crippen LogP contribution < -0.4 is 60.1 Å². The van der Waals surface area contributed by atoms with Gasteiger partial charge in [0, 0.05) is 71.2 Å². The lowest BCUT2D eigenvalue weighted by Gasteiger charge is -2.39. The van der Waals surface area contributed by atoms with Crippen molar-refractivity contribution in [3.05, 3.63) is 80.4 Å². The summed E-state index contributed by atoms with van der Waals surface area (Å²) in [5.41, 5.74) is 15.2. The molecular weight excluding hydrogens is 651 g/mol. The Labute approximate surface area is 291 Å². The minimum atomic E-state index is -3.75. The quantitative estimate of drug-likeness (QED) is 0.155. The number of anilines is 1. The number of nitrogens with zero attached hydrogens (tertiary/aromatic N) is 2. The average molecular weight is 697 g/mol. The molecule has 0 atom stereocenters. The Hall–Kier alpha value is -2.62. The number of halogens is 2. The van der Waals surface area contributed by atoms with Gasteiger partial charge in [-0.3, -0.25) is 0 Å². The Kier molecular flexibility index (Phi) is 10.3. The number of nitrogens with two attached hydrogens (primary N) is 1. The van der Waals surface area contributed by atoms with Crippen molar-refractivity contribution in [1.29, 1.82) is 0 Å². The maximum absolute atomic E-state index is 14.0. The Morgan fingerprint density at radius 2 is 1.53 bits per heavy atom. The monoisotopic (exact) mass is 695 g/mol. The molecule has 0 fully saturated rings. The fourth-order valence-electron chi connectivity index (χ4n) is 8.62. The number of sulfonamides is 1. The van der Waals surface area contributed by atoms with E-state index in [0.29, 0.717) is 18.0 Å². The smallest absolute Gasteiger partial charge is 0.241 e. The number of rotatable bonds is 9. The van der Waals surface area contributed by atoms with Gasteiger partial charge in [-0.15, -0.1) is 0 Å². The van der Waals surface area contributed by atoms with Crippen molar-refractivity contribution < 1.29 is 38.0 Å². The third kappa shape index (κ3) is 5.99. The molecule has 0 radical (unpaired) electrons. The van der Waals surface area contributed by atoms with Crippen molar-refractivity contribution in [2.45, 2.75) is 81.9 Å². The predicted molar refractivity (Wildman–Crippen MR) is 179 cm³/mol. The van der Waals surface area contributed by atoms with Gasteiger partial charge in [0.25, 0.3) is 0 Å². The second kappa shape index (κ2) is 14.1. The van der Waals surface area contributed by atoms with Crippen molar-refractivity contribution >= 4 is 21.3 Å². The summed E-state index contributed by atoms with van der Waals surface area (Å²) in [6, 6.07) is 12.3. The maximum Gasteiger partial charge on any atom is 0.241 e. The zero-order valence-corrected chi connectivity index (χ0v) is 29.4. The molecule has 0 spiro atoms. The molecular formula is C37H45Cl2N4O3S-. The molecule has 5 aliphatic rings. The van der Waals surface area contributed by atoms with Crippen LogP contribution in [0.3, 0.4) is 0 Å². The number of aryl methyl sites for hydroxylation is 2. The molecule has 252 valence electrons. The van der Waals surface area contributed by atoms with Crippen molar-refractivity contribution in [3.8, 4) is 11.5 Å². The number of nitrogens with one attached hydrogen (secondary N) is 1. The Balaban J connectivity index is 0.00000193. The number of benzene rings is 3. The summed E-state index contributed by atoms with van der Waals surface area (Å²) < 4.78 is 40.7. The zero-order chi connectivity index (χ0) is 30.5. The van der Waals surface area contributed by atoms with Crippen LogP contribution >= 0.6 is 0 Å². The van der Waals surface area contributed by atoms with E-state index in [2.05, 4.69) is 26.3 Å². The molecule has 0 aliphatic carbocycles. The van der Waals surface area contributed by atoms with E-state index in [-0.39, 0.29) is 24.8 Å². The van der Waals surface area contributed by atoms with E-state index in [1.54, 1.807) is 6.07 Å². The zero-order valence-electron chi connectivity index (χ0n) is 27.1. The topological polar surface area (TPSA) is 87.7 Å². The summed E-state index contributed by atoms with van der Waals surface area (Å²) in [6.45, 7) is 5.48. The van der Waals surface area contributed by atoms with E-state index < -0.39 is 10.0 Å². The number of hydrogen-bond acceptors (Lipinski definition) is 5. The highest BCUT2D eigenvalue weighted by molar-refractivity contribution is 7.89. The molecule has 0 saturated carbocycles. The summed E-state index contributed by atoms with van der Waals surface area (Å²) in [4.78, 5) is 2.91. The Bertz CT molecular complexity index is 1920. The average Bonchev–Trinajstić information content (AvgIpc) is 3.06. The van der Waals surface area contributed by atoms with Crippen LogP contribution in [0.4, 0.5) is 5.69 Å². The van der Waals surface area contributed by atoms with Crippen LogP contribution in [-0.2, 0) is 35.7 Å². The molecule has 0 bridgehead atoms. The molecule has 3 N–H and O–H groups in total. The van der Waals surface area contributed by atoms with E-state index >= 15 is 0 Å². The van der Waals surface area contributed by atoms with Gasteiger partial charge in [-0.05, 0) is 81.7 Å². The normalized spacial score (nSPS) is 17.3. The van der Waals surface area contributed by atoms with Gasteiger partial charge in [0.1, 0.15) is 24.6 Å². The second-order valence-electron chi connectivity index (χ2n) is 13.4. The molecule has 47 heavy (non-hydrogen) atoms. The molecule has 5 heterocycles. The van der Waals surface area contributed by atoms with Crippen LogP contribution in [-0.4, -0.2) is 47.7 Å². The summed E-state index contributed by atoms with van der Waals surface area (Å²) in [5.74, 6) is 1.90. The molecule has 3 aromatic rings. The number of unbranched alkanes of at least 4 members (excludes halogenated alkanes) is 3. The first-order chi connectivity index (χ1) is 22.0. The van der Waals surface area contributed by atoms with Gasteiger partial charge in [-0.2, -0.15) is 0 Å². The molecule has 0 aromatic heterocycles. The van der Waals surface area contributed by atoms with Crippen molar-refractivity contribution in [1.82, 2.24) is 9.30 Å². The third-order valence-electron chi connectivity index (χ3n) is 10.6. The van der Waals surface area contributed by atoms with Gasteiger partial charge in [-0.25, -0.2) is 17.7 Å². The van der Waals surface area contributed by atoms with Gasteiger partial charge < -0.3 is 40.2 Å². The summed E-state index contributed by atoms with van der Waals surface area (Å²) >= 11 is 0. The Morgan fingerprint density at radius 3 is 2.36 bits per heavy atom. The number of hydrogen-bond donors (Lipinski definition) is 2. The molecule has 7 nitrogen and oxygen atoms in total. The highest BCUT2D eigenvalue weighted by atomic mass is 35.5. The standard InChI is InChI=1S/C37H45N4O3S.2ClH/c38-17-5-1-2-6-18-39-45(42,43)32-16-4-3-13-27(32)33-30-23-25-11-7-19-40-21-9-14-28(34(25)40)36(30)44-37-29-15-10-22-41-20-8-12-26(35(29)41)24-31(33)37;;/h3-4,13,16,23-24,39H,1-2,5-12,14-15,17-22,38H2;2*1H/q+1;;/p-2. The first-order valence-electron chi connectivity index (χ1n) is 17.3. The lowest BCUT2D eigenvalue weighted by atomic mass is 9.82. The maximum atomic E-state index is 14.0. The van der Waals surface area contributed by atoms with E-state index in [9.17, 15) is 8.42 Å². The van der Waals surface area contributed by atoms with Gasteiger partial charge in [0.2, 0.25) is 15.4 Å². The van der Waals surface area contributed by atoms with E-state index in [0.717, 1.165) is 137 Å². The minimum absolute atomic E-state index is 0. The molecule has 5 aliphatic heterocycles. The van der Waals surface area contributed by atoms with Crippen molar-refractivity contribution in [3.63, 3.8) is 0 Å². The van der Waals surface area contributed by atoms with Crippen molar-refractivity contribution in [2.24, 2.45) is 5.73 Å². The van der Waals surface area contributed by atoms with Crippen LogP contribution in [0.15, 0.2) is 41.3 Å². The molecule has 10 heteroatoms. The first-order valence-corrected chi connectivity index (χ1v) is 18.8. The van der Waals surface area contributed by atoms with Crippen molar-refractivity contribution in [2.75, 3.05) is 44.2 Å². The second-order valence-corrected chi connectivity index (χ2v) is 15.2. The summed E-state index contributed by atoms with van der Waals surface area (Å²) in [5, 5.41) is 2.43. The van der Waals surface area contributed by atoms with Crippen LogP contribution in [0.1, 0.15) is 84.7 Å². The number of fused-ring (bicyclic) bond motifs is 4. The lowest BCUT2D eigenvalue weighted by Crippen LogP contribution is -3.00. The molecule has 8 rings (SSSR count). The highest BCUT2D eigenvalue weighted by Gasteiger charge is 2.36. The van der Waals surface area contributed by atoms with E-state index in [1.807, 2.05) is 18.2 Å². The molecule has 0 saturated heterocycles. The van der Waals surface area contributed by atoms with Gasteiger partial charge >= 0.3 is 0 Å². The van der Waals surface area contributed by atoms with Crippen LogP contribution in [0, 0.1) is 0 Å². The van der Waals surface area contributed by atoms with Gasteiger partial charge in [0.05, 0.1) is 10.5 Å². The first kappa shape index (κ1) is 34.3. The molecule has 3 aromatic carbocycles. The summed E-state index contributed by atoms with van der Waals surface area (Å²) in [6.07, 6.45) is 12.3. The van der Waals surface area contributed by atoms with E-state index in [4.69, 9.17) is 10.5 Å². The van der Waals surface area contributed by atoms with E-state index in [1.165, 1.54) is 33.3 Å². The van der Waals surface area contributed by atoms with Crippen LogP contribution in [0.2, 0.25) is 0 Å². The summed E-state index contributed by atoms with van der Waals surface area (Å²) in [7, 11) is -3.75. The number of ether oxygens (including phenoxy) is 1. The fraction of sp³-hybridized carbons (Fsp3) is 0.486. The van der Waals surface area contributed by atoms with Gasteiger partial charge in [-0.1, -0.05) is 31.0 Å². The van der Waals surface area contributed by atoms with Crippen LogP contribution in [0.25, 0.3) is 5.57 Å². The van der Waals surface area contributed by atoms with Gasteiger partial charge in [0.15, 0.2) is 0 Å². The SMILES string of the molecule is NCCCCCCNS(=O)(=O)c1ccccc1C1=c2cc3c4c(c2Oc2c1cc1c5c2CCCN5CCC1)CCC[N+]=4CCC3.[Cl-].[Cl-]. The molecule has 0 unspecified atom stereocenters. The Morgan fingerprint density at radius 1 is 0.809 bits per heavy atom. The predicted octanol–water partition coefficient (Wildman–Crippen LogP) is -2.07. The largest absolute Gasteiger partial charge is 1.00 e. The fourth-order valence-corrected chi connectivity index (χ4v) is 9.90. The third-order valence-corrected chi connectivity index (χ3v) is 12.1. The lowest BCUT2D eigenvalue weighted by molar-refractivity contribution is -0.00100. The highest BCUT2D eigenvalue weighted by Crippen LogP contribution is 2.49. The van der Waals surface area contributed by atoms with Crippen LogP contribution in [0.5, 0.6) is 11.5 Å². The minimum Gasteiger partial charge on any atom is -1.00 e. The molecule has 0 amide bonds.